The smallest absolute Gasteiger partial charge is 0.148 e. The van der Waals surface area contributed by atoms with E-state index < -0.39 is 11.6 Å². The summed E-state index contributed by atoms with van der Waals surface area (Å²) in [6.07, 6.45) is 1.40. The molecule has 0 unspecified atom stereocenters. The number of hydrogen-bond acceptors (Lipinski definition) is 3. The Morgan fingerprint density at radius 2 is 2.00 bits per heavy atom. The molecule has 0 atom stereocenters. The third-order valence-corrected chi connectivity index (χ3v) is 1.93. The van der Waals surface area contributed by atoms with Crippen LogP contribution in [0, 0.1) is 11.6 Å². The number of nitrogens with two attached hydrogens (primary N) is 1. The Kier molecular flexibility index (Phi) is 2.01. The van der Waals surface area contributed by atoms with Crippen molar-refractivity contribution in [1.82, 2.24) is 4.98 Å². The second-order valence-electron chi connectivity index (χ2n) is 2.79. The van der Waals surface area contributed by atoms with E-state index in [2.05, 4.69) is 10.4 Å². The van der Waals surface area contributed by atoms with E-state index in [0.29, 0.717) is 5.39 Å². The molecule has 0 saturated heterocycles. The molecule has 1 heterocycles. The summed E-state index contributed by atoms with van der Waals surface area (Å²) in [5.41, 5.74) is 2.28. The number of benzene rings is 1. The first-order chi connectivity index (χ1) is 6.72. The highest BCUT2D eigenvalue weighted by Crippen LogP contribution is 2.23. The van der Waals surface area contributed by atoms with Crippen LogP contribution < -0.4 is 11.3 Å². The Morgan fingerprint density at radius 1 is 1.21 bits per heavy atom. The summed E-state index contributed by atoms with van der Waals surface area (Å²) in [7, 11) is 0. The third kappa shape index (κ3) is 1.27. The number of pyridine rings is 1. The summed E-state index contributed by atoms with van der Waals surface area (Å²) in [5.74, 6) is 4.13. The number of hydrogen-bond donors (Lipinski definition) is 2. The molecule has 3 N–H and O–H groups in total. The standard InChI is InChI=1S/C9H7F2N3/c10-5-3-7-6(8(11)4-5)1-2-13-9(7)14-12/h1-4H,12H2,(H,13,14). The van der Waals surface area contributed by atoms with E-state index in [9.17, 15) is 8.78 Å². The van der Waals surface area contributed by atoms with E-state index in [1.807, 2.05) is 0 Å². The molecule has 72 valence electrons. The van der Waals surface area contributed by atoms with E-state index in [-0.39, 0.29) is 11.2 Å². The van der Waals surface area contributed by atoms with Crippen LogP contribution in [0.1, 0.15) is 0 Å². The van der Waals surface area contributed by atoms with Gasteiger partial charge in [0.25, 0.3) is 0 Å². The van der Waals surface area contributed by atoms with Gasteiger partial charge >= 0.3 is 0 Å². The molecule has 0 spiro atoms. The first-order valence-electron chi connectivity index (χ1n) is 3.93. The van der Waals surface area contributed by atoms with E-state index in [0.717, 1.165) is 6.07 Å². The molecule has 0 saturated carbocycles. The van der Waals surface area contributed by atoms with Crippen LogP contribution in [0.2, 0.25) is 0 Å². The Morgan fingerprint density at radius 3 is 2.71 bits per heavy atom. The van der Waals surface area contributed by atoms with Crippen LogP contribution in [0.15, 0.2) is 24.4 Å². The molecule has 14 heavy (non-hydrogen) atoms. The predicted molar refractivity (Wildman–Crippen MR) is 49.5 cm³/mol. The van der Waals surface area contributed by atoms with E-state index in [1.54, 1.807) is 0 Å². The average Bonchev–Trinajstić information content (AvgIpc) is 2.17. The van der Waals surface area contributed by atoms with Gasteiger partial charge in [0.1, 0.15) is 17.5 Å². The molecule has 1 aromatic carbocycles. The minimum absolute atomic E-state index is 0.251. The maximum absolute atomic E-state index is 13.2. The number of fused-ring (bicyclic) bond motifs is 1. The Balaban J connectivity index is 2.86. The molecule has 5 heteroatoms. The first kappa shape index (κ1) is 8.83. The molecule has 1 aromatic heterocycles. The zero-order chi connectivity index (χ0) is 10.1. The van der Waals surface area contributed by atoms with Gasteiger partial charge in [0.15, 0.2) is 0 Å². The molecule has 0 fully saturated rings. The monoisotopic (exact) mass is 195 g/mol. The molecule has 0 bridgehead atoms. The Labute approximate surface area is 78.5 Å². The number of nitrogens with one attached hydrogen (secondary N) is 1. The van der Waals surface area contributed by atoms with Crippen molar-refractivity contribution in [2.75, 3.05) is 5.43 Å². The number of halogens is 2. The van der Waals surface area contributed by atoms with Crippen molar-refractivity contribution in [2.24, 2.45) is 5.84 Å². The summed E-state index contributed by atoms with van der Waals surface area (Å²) < 4.78 is 26.1. The fourth-order valence-electron chi connectivity index (χ4n) is 1.32. The quantitative estimate of drug-likeness (QED) is 0.538. The van der Waals surface area contributed by atoms with Gasteiger partial charge in [0.2, 0.25) is 0 Å². The lowest BCUT2D eigenvalue weighted by molar-refractivity contribution is 0.592. The van der Waals surface area contributed by atoms with Crippen LogP contribution in [0.25, 0.3) is 10.8 Å². The van der Waals surface area contributed by atoms with Crippen molar-refractivity contribution in [3.63, 3.8) is 0 Å². The van der Waals surface area contributed by atoms with E-state index in [1.165, 1.54) is 18.3 Å². The normalized spacial score (nSPS) is 10.5. The SMILES string of the molecule is NNc1nccc2c(F)cc(F)cc12. The molecule has 2 rings (SSSR count). The fraction of sp³-hybridized carbons (Fsp3) is 0. The Bertz CT molecular complexity index is 485. The molecule has 0 aliphatic rings. The number of nitrogens with zero attached hydrogens (tertiary/aromatic N) is 1. The second-order valence-corrected chi connectivity index (χ2v) is 2.79. The molecule has 0 radical (unpaired) electrons. The maximum atomic E-state index is 13.2. The largest absolute Gasteiger partial charge is 0.308 e. The number of aromatic nitrogens is 1. The zero-order valence-corrected chi connectivity index (χ0v) is 7.09. The van der Waals surface area contributed by atoms with Gasteiger partial charge in [-0.1, -0.05) is 0 Å². The fourth-order valence-corrected chi connectivity index (χ4v) is 1.32. The lowest BCUT2D eigenvalue weighted by Crippen LogP contribution is -2.09. The van der Waals surface area contributed by atoms with Gasteiger partial charge in [-0.05, 0) is 12.1 Å². The molecule has 0 amide bonds. The summed E-state index contributed by atoms with van der Waals surface area (Å²) >= 11 is 0. The average molecular weight is 195 g/mol. The zero-order valence-electron chi connectivity index (χ0n) is 7.09. The number of nitrogen functional groups attached to an aromatic ring is 1. The highest BCUT2D eigenvalue weighted by Gasteiger charge is 2.07. The summed E-state index contributed by atoms with van der Waals surface area (Å²) in [6.45, 7) is 0. The van der Waals surface area contributed by atoms with Gasteiger partial charge in [0.05, 0.1) is 0 Å². The summed E-state index contributed by atoms with van der Waals surface area (Å²) in [5, 5.41) is 0.613. The van der Waals surface area contributed by atoms with Crippen molar-refractivity contribution in [1.29, 1.82) is 0 Å². The molecule has 0 aliphatic heterocycles. The van der Waals surface area contributed by atoms with Crippen molar-refractivity contribution >= 4 is 16.6 Å². The van der Waals surface area contributed by atoms with Crippen LogP contribution >= 0.6 is 0 Å². The summed E-state index contributed by atoms with van der Waals surface area (Å²) in [6, 6.07) is 3.47. The van der Waals surface area contributed by atoms with Gasteiger partial charge in [-0.3, -0.25) is 0 Å². The minimum Gasteiger partial charge on any atom is -0.308 e. The van der Waals surface area contributed by atoms with E-state index >= 15 is 0 Å². The second kappa shape index (κ2) is 3.19. The highest BCUT2D eigenvalue weighted by atomic mass is 19.1. The maximum Gasteiger partial charge on any atom is 0.148 e. The van der Waals surface area contributed by atoms with Gasteiger partial charge in [-0.25, -0.2) is 19.6 Å². The van der Waals surface area contributed by atoms with Crippen LogP contribution in [0.5, 0.6) is 0 Å². The van der Waals surface area contributed by atoms with Crippen LogP contribution in [-0.2, 0) is 0 Å². The lowest BCUT2D eigenvalue weighted by atomic mass is 10.1. The van der Waals surface area contributed by atoms with Crippen molar-refractivity contribution in [3.05, 3.63) is 36.0 Å². The number of hydrazine groups is 1. The molecule has 2 aromatic rings. The van der Waals surface area contributed by atoms with Gasteiger partial charge in [0, 0.05) is 23.0 Å². The van der Waals surface area contributed by atoms with Crippen LogP contribution in [-0.4, -0.2) is 4.98 Å². The molecule has 0 aliphatic carbocycles. The number of anilines is 1. The van der Waals surface area contributed by atoms with Crippen LogP contribution in [0.3, 0.4) is 0 Å². The van der Waals surface area contributed by atoms with Crippen molar-refractivity contribution in [2.45, 2.75) is 0 Å². The van der Waals surface area contributed by atoms with Crippen molar-refractivity contribution in [3.8, 4) is 0 Å². The highest BCUT2D eigenvalue weighted by molar-refractivity contribution is 5.91. The first-order valence-corrected chi connectivity index (χ1v) is 3.93. The third-order valence-electron chi connectivity index (χ3n) is 1.93. The van der Waals surface area contributed by atoms with Crippen LogP contribution in [0.4, 0.5) is 14.6 Å². The lowest BCUT2D eigenvalue weighted by Gasteiger charge is -2.04. The molecule has 3 nitrogen and oxygen atoms in total. The topological polar surface area (TPSA) is 50.9 Å². The summed E-state index contributed by atoms with van der Waals surface area (Å²) in [4.78, 5) is 3.84. The predicted octanol–water partition coefficient (Wildman–Crippen LogP) is 1.80. The van der Waals surface area contributed by atoms with E-state index in [4.69, 9.17) is 5.84 Å². The van der Waals surface area contributed by atoms with Gasteiger partial charge in [-0.15, -0.1) is 0 Å². The molecular weight excluding hydrogens is 188 g/mol. The minimum atomic E-state index is -0.653. The van der Waals surface area contributed by atoms with Gasteiger partial charge in [-0.2, -0.15) is 0 Å². The van der Waals surface area contributed by atoms with Crippen molar-refractivity contribution < 1.29 is 8.78 Å². The molecular formula is C9H7F2N3. The number of rotatable bonds is 1. The Hall–Kier alpha value is -1.75. The van der Waals surface area contributed by atoms with Gasteiger partial charge < -0.3 is 5.43 Å².